The lowest BCUT2D eigenvalue weighted by atomic mass is 10.2. The van der Waals surface area contributed by atoms with E-state index < -0.39 is 11.9 Å². The molecule has 4 aromatic rings. The van der Waals surface area contributed by atoms with E-state index in [4.69, 9.17) is 11.5 Å². The van der Waals surface area contributed by atoms with Crippen molar-refractivity contribution in [1.82, 2.24) is 29.9 Å². The number of halogens is 3. The molecule has 4 rings (SSSR count). The molecular weight excluding hydrogens is 561 g/mol. The highest BCUT2D eigenvalue weighted by Crippen LogP contribution is 2.30. The molecule has 0 saturated heterocycles. The van der Waals surface area contributed by atoms with Crippen LogP contribution in [0, 0.1) is 6.92 Å². The van der Waals surface area contributed by atoms with E-state index in [-0.39, 0.29) is 41.4 Å². The Morgan fingerprint density at radius 2 is 1.44 bits per heavy atom. The number of hydrogen-bond acceptors (Lipinski definition) is 11. The van der Waals surface area contributed by atoms with Gasteiger partial charge in [-0.05, 0) is 44.0 Å². The van der Waals surface area contributed by atoms with Crippen LogP contribution in [0.4, 0.5) is 36.7 Å². The van der Waals surface area contributed by atoms with E-state index in [2.05, 4.69) is 60.6 Å². The summed E-state index contributed by atoms with van der Waals surface area (Å²) < 4.78 is 38.1. The van der Waals surface area contributed by atoms with Crippen molar-refractivity contribution >= 4 is 45.6 Å². The van der Waals surface area contributed by atoms with Crippen LogP contribution in [0.3, 0.4) is 0 Å². The summed E-state index contributed by atoms with van der Waals surface area (Å²) in [5.74, 6) is 1.01. The van der Waals surface area contributed by atoms with E-state index in [1.54, 1.807) is 12.2 Å². The highest BCUT2D eigenvalue weighted by atomic mass is 19.4. The number of hydrogen-bond donors (Lipinski definition) is 5. The van der Waals surface area contributed by atoms with Crippen molar-refractivity contribution in [3.8, 4) is 0 Å². The molecule has 7 N–H and O–H groups in total. The predicted octanol–water partition coefficient (Wildman–Crippen LogP) is 5.68. The van der Waals surface area contributed by atoms with Gasteiger partial charge in [-0.1, -0.05) is 52.0 Å². The van der Waals surface area contributed by atoms with Crippen LogP contribution in [0.2, 0.25) is 0 Å². The standard InChI is InChI=1S/C13H19N5O.C12H14F3N5.C4H6/c1-3-4-9(7-19)16-12-11-10(17-13(14)18-12)6-5-8(2)15-11;1-2-3-6-17-10-9-7(18-11(16)20-10)4-5-8(19-9)12(13,14)15;1-3-4-2/h5-6,9,19H,3-4,7H2,1-2H3,(H3,14,16,17,18);4-5H,2-3,6H2,1H3,(H3,16,17,18,20);3-4H,1-2H2. The molecular formula is C29H39F3N10O. The number of allylic oxidation sites excluding steroid dienone is 2. The second-order valence-corrected chi connectivity index (χ2v) is 9.31. The van der Waals surface area contributed by atoms with Gasteiger partial charge in [-0.2, -0.15) is 23.1 Å². The number of aryl methyl sites for hydroxylation is 1. The minimum absolute atomic E-state index is 0.00180. The molecule has 14 heteroatoms. The summed E-state index contributed by atoms with van der Waals surface area (Å²) in [6, 6.07) is 5.83. The number of unbranched alkanes of at least 4 members (excludes halogenated alkanes) is 1. The highest BCUT2D eigenvalue weighted by molar-refractivity contribution is 5.87. The van der Waals surface area contributed by atoms with Gasteiger partial charge in [0, 0.05) is 12.2 Å². The second-order valence-electron chi connectivity index (χ2n) is 9.31. The van der Waals surface area contributed by atoms with Crippen molar-refractivity contribution in [3.63, 3.8) is 0 Å². The third kappa shape index (κ3) is 10.6. The van der Waals surface area contributed by atoms with E-state index in [0.29, 0.717) is 23.4 Å². The first-order valence-electron chi connectivity index (χ1n) is 13.7. The molecule has 0 amide bonds. The molecule has 232 valence electrons. The van der Waals surface area contributed by atoms with Crippen LogP contribution in [-0.4, -0.2) is 54.2 Å². The van der Waals surface area contributed by atoms with Crippen molar-refractivity contribution in [3.05, 3.63) is 61.0 Å². The molecule has 1 atom stereocenters. The Kier molecular flexibility index (Phi) is 13.5. The number of rotatable bonds is 10. The van der Waals surface area contributed by atoms with Crippen molar-refractivity contribution in [2.45, 2.75) is 58.7 Å². The quantitative estimate of drug-likeness (QED) is 0.112. The van der Waals surface area contributed by atoms with Crippen LogP contribution in [0.5, 0.6) is 0 Å². The molecule has 1 unspecified atom stereocenters. The van der Waals surface area contributed by atoms with E-state index in [1.807, 2.05) is 26.0 Å². The summed E-state index contributed by atoms with van der Waals surface area (Å²) in [4.78, 5) is 24.2. The monoisotopic (exact) mass is 600 g/mol. The van der Waals surface area contributed by atoms with Crippen molar-refractivity contribution in [1.29, 1.82) is 0 Å². The van der Waals surface area contributed by atoms with Crippen molar-refractivity contribution in [2.75, 3.05) is 35.3 Å². The Morgan fingerprint density at radius 3 is 1.98 bits per heavy atom. The lowest BCUT2D eigenvalue weighted by Gasteiger charge is -2.17. The lowest BCUT2D eigenvalue weighted by molar-refractivity contribution is -0.140. The molecule has 43 heavy (non-hydrogen) atoms. The van der Waals surface area contributed by atoms with Gasteiger partial charge in [0.25, 0.3) is 0 Å². The number of nitrogens with one attached hydrogen (secondary N) is 2. The second kappa shape index (κ2) is 16.8. The first-order chi connectivity index (χ1) is 20.5. The number of nitrogens with two attached hydrogens (primary N) is 2. The fraction of sp³-hybridized carbons (Fsp3) is 0.379. The van der Waals surface area contributed by atoms with E-state index in [9.17, 15) is 18.3 Å². The van der Waals surface area contributed by atoms with E-state index in [0.717, 1.165) is 37.4 Å². The third-order valence-electron chi connectivity index (χ3n) is 5.74. The van der Waals surface area contributed by atoms with Crippen LogP contribution in [-0.2, 0) is 6.18 Å². The number of pyridine rings is 2. The molecule has 0 aliphatic heterocycles. The van der Waals surface area contributed by atoms with Gasteiger partial charge in [0.15, 0.2) is 11.6 Å². The molecule has 0 bridgehead atoms. The molecule has 11 nitrogen and oxygen atoms in total. The molecule has 4 heterocycles. The third-order valence-corrected chi connectivity index (χ3v) is 5.74. The number of aromatic nitrogens is 6. The first kappa shape index (κ1) is 34.6. The van der Waals surface area contributed by atoms with E-state index in [1.165, 1.54) is 6.07 Å². The molecule has 0 radical (unpaired) electrons. The number of nitrogen functional groups attached to an aromatic ring is 2. The Hall–Kier alpha value is -4.59. The van der Waals surface area contributed by atoms with Crippen molar-refractivity contribution < 1.29 is 18.3 Å². The summed E-state index contributed by atoms with van der Waals surface area (Å²) in [6.45, 7) is 13.3. The zero-order valence-electron chi connectivity index (χ0n) is 24.6. The SMILES string of the molecule is C=CC=C.CCCC(CO)Nc1nc(N)nc2ccc(C)nc12.CCCCNc1nc(N)nc2ccc(C(F)(F)F)nc12. The highest BCUT2D eigenvalue weighted by Gasteiger charge is 2.33. The summed E-state index contributed by atoms with van der Waals surface area (Å²) in [6.07, 6.45) is 2.42. The van der Waals surface area contributed by atoms with Crippen LogP contribution < -0.4 is 22.1 Å². The molecule has 4 aromatic heterocycles. The van der Waals surface area contributed by atoms with Gasteiger partial charge >= 0.3 is 6.18 Å². The molecule has 0 spiro atoms. The van der Waals surface area contributed by atoms with Crippen LogP contribution >= 0.6 is 0 Å². The minimum Gasteiger partial charge on any atom is -0.394 e. The number of anilines is 4. The summed E-state index contributed by atoms with van der Waals surface area (Å²) in [5.41, 5.74) is 12.9. The Morgan fingerprint density at radius 1 is 0.860 bits per heavy atom. The van der Waals surface area contributed by atoms with Gasteiger partial charge < -0.3 is 27.2 Å². The maximum absolute atomic E-state index is 12.7. The zero-order chi connectivity index (χ0) is 32.0. The van der Waals surface area contributed by atoms with Gasteiger partial charge in [-0.3, -0.25) is 0 Å². The molecule has 0 saturated carbocycles. The summed E-state index contributed by atoms with van der Waals surface area (Å²) >= 11 is 0. The van der Waals surface area contributed by atoms with Crippen LogP contribution in [0.25, 0.3) is 22.1 Å². The maximum Gasteiger partial charge on any atom is 0.433 e. The average Bonchev–Trinajstić information content (AvgIpc) is 2.97. The average molecular weight is 601 g/mol. The Labute approximate surface area is 248 Å². The smallest absolute Gasteiger partial charge is 0.394 e. The fourth-order valence-electron chi connectivity index (χ4n) is 3.68. The number of aliphatic hydroxyl groups excluding tert-OH is 1. The van der Waals surface area contributed by atoms with Gasteiger partial charge in [-0.25, -0.2) is 19.9 Å². The largest absolute Gasteiger partial charge is 0.433 e. The molecule has 0 aliphatic rings. The number of aliphatic hydroxyl groups is 1. The van der Waals surface area contributed by atoms with Gasteiger partial charge in [-0.15, -0.1) is 0 Å². The lowest BCUT2D eigenvalue weighted by Crippen LogP contribution is -2.24. The topological polar surface area (TPSA) is 174 Å². The summed E-state index contributed by atoms with van der Waals surface area (Å²) in [7, 11) is 0. The maximum atomic E-state index is 12.7. The Bertz CT molecular complexity index is 1490. The number of fused-ring (bicyclic) bond motifs is 2. The molecule has 0 aromatic carbocycles. The fourth-order valence-corrected chi connectivity index (χ4v) is 3.68. The molecule has 0 aliphatic carbocycles. The van der Waals surface area contributed by atoms with Crippen LogP contribution in [0.15, 0.2) is 49.6 Å². The zero-order valence-corrected chi connectivity index (χ0v) is 24.6. The first-order valence-corrected chi connectivity index (χ1v) is 13.7. The Balaban J connectivity index is 0.000000267. The van der Waals surface area contributed by atoms with E-state index >= 15 is 0 Å². The van der Waals surface area contributed by atoms with Crippen molar-refractivity contribution in [2.24, 2.45) is 0 Å². The summed E-state index contributed by atoms with van der Waals surface area (Å²) in [5, 5.41) is 15.5. The van der Waals surface area contributed by atoms with Gasteiger partial charge in [0.2, 0.25) is 11.9 Å². The van der Waals surface area contributed by atoms with Crippen LogP contribution in [0.1, 0.15) is 50.9 Å². The number of nitrogens with zero attached hydrogens (tertiary/aromatic N) is 6. The normalized spacial score (nSPS) is 11.5. The predicted molar refractivity (Wildman–Crippen MR) is 166 cm³/mol. The van der Waals surface area contributed by atoms with Gasteiger partial charge in [0.1, 0.15) is 16.7 Å². The van der Waals surface area contributed by atoms with Gasteiger partial charge in [0.05, 0.1) is 23.7 Å². The number of alkyl halides is 3. The minimum atomic E-state index is -4.50. The molecule has 0 fully saturated rings.